The fourth-order valence-electron chi connectivity index (χ4n) is 8.00. The molecule has 7 heteroatoms. The van der Waals surface area contributed by atoms with E-state index in [0.29, 0.717) is 12.3 Å². The average molecular weight is 394 g/mol. The van der Waals surface area contributed by atoms with E-state index in [4.69, 9.17) is 14.2 Å². The van der Waals surface area contributed by atoms with Crippen LogP contribution >= 0.6 is 0 Å². The van der Waals surface area contributed by atoms with E-state index in [0.717, 1.165) is 6.42 Å². The Labute approximate surface area is 165 Å². The first-order valence-electron chi connectivity index (χ1n) is 10.0. The molecule has 0 amide bonds. The first kappa shape index (κ1) is 19.7. The zero-order chi connectivity index (χ0) is 20.9. The molecule has 156 valence electrons. The molecule has 0 radical (unpaired) electrons. The molecule has 0 saturated heterocycles. The summed E-state index contributed by atoms with van der Waals surface area (Å²) in [5.41, 5.74) is -1.94. The molecule has 5 fully saturated rings. The summed E-state index contributed by atoms with van der Waals surface area (Å²) in [5, 5.41) is 11.2. The van der Waals surface area contributed by atoms with Gasteiger partial charge in [0.2, 0.25) is 0 Å². The third kappa shape index (κ3) is 1.96. The van der Waals surface area contributed by atoms with Gasteiger partial charge in [-0.2, -0.15) is 0 Å². The van der Waals surface area contributed by atoms with Crippen molar-refractivity contribution in [3.63, 3.8) is 0 Å². The van der Waals surface area contributed by atoms with E-state index in [1.807, 2.05) is 13.8 Å². The van der Waals surface area contributed by atoms with Crippen LogP contribution in [0.3, 0.4) is 0 Å². The maximum absolute atomic E-state index is 12.0. The van der Waals surface area contributed by atoms with E-state index >= 15 is 0 Å². The van der Waals surface area contributed by atoms with Gasteiger partial charge < -0.3 is 19.3 Å². The van der Waals surface area contributed by atoms with Gasteiger partial charge in [-0.3, -0.25) is 14.4 Å². The third-order valence-corrected chi connectivity index (χ3v) is 8.74. The van der Waals surface area contributed by atoms with E-state index in [-0.39, 0.29) is 36.0 Å². The molecule has 5 rings (SSSR count). The van der Waals surface area contributed by atoms with Crippen LogP contribution in [0.1, 0.15) is 54.4 Å². The summed E-state index contributed by atoms with van der Waals surface area (Å²) >= 11 is 0. The second kappa shape index (κ2) is 5.49. The van der Waals surface area contributed by atoms with Crippen LogP contribution in [0.4, 0.5) is 0 Å². The van der Waals surface area contributed by atoms with Gasteiger partial charge in [0.05, 0.1) is 12.7 Å². The van der Waals surface area contributed by atoms with Crippen molar-refractivity contribution in [3.8, 4) is 0 Å². The fourth-order valence-corrected chi connectivity index (χ4v) is 8.00. The zero-order valence-electron chi connectivity index (χ0n) is 17.4. The molecule has 0 aliphatic heterocycles. The van der Waals surface area contributed by atoms with E-state index in [2.05, 4.69) is 6.92 Å². The number of aliphatic hydroxyl groups is 1. The van der Waals surface area contributed by atoms with Gasteiger partial charge in [-0.25, -0.2) is 0 Å². The van der Waals surface area contributed by atoms with E-state index < -0.39 is 34.4 Å². The van der Waals surface area contributed by atoms with Crippen LogP contribution in [0, 0.1) is 33.5 Å². The number of ether oxygens (including phenoxy) is 3. The predicted molar refractivity (Wildman–Crippen MR) is 96.7 cm³/mol. The van der Waals surface area contributed by atoms with E-state index in [1.165, 1.54) is 20.8 Å². The van der Waals surface area contributed by atoms with Gasteiger partial charge >= 0.3 is 17.9 Å². The smallest absolute Gasteiger partial charge is 0.302 e. The van der Waals surface area contributed by atoms with Crippen molar-refractivity contribution in [1.82, 2.24) is 0 Å². The molecule has 8 atom stereocenters. The topological polar surface area (TPSA) is 99.1 Å². The Hall–Kier alpha value is -1.63. The number of rotatable bonds is 4. The molecule has 1 N–H and O–H groups in total. The number of hydrogen-bond acceptors (Lipinski definition) is 7. The second-order valence-electron chi connectivity index (χ2n) is 10.1. The zero-order valence-corrected chi connectivity index (χ0v) is 17.4. The van der Waals surface area contributed by atoms with Gasteiger partial charge in [0, 0.05) is 42.4 Å². The molecule has 0 unspecified atom stereocenters. The van der Waals surface area contributed by atoms with Gasteiger partial charge in [0.25, 0.3) is 0 Å². The van der Waals surface area contributed by atoms with Crippen molar-refractivity contribution in [2.45, 2.75) is 72.7 Å². The highest BCUT2D eigenvalue weighted by atomic mass is 16.6. The van der Waals surface area contributed by atoms with Crippen molar-refractivity contribution < 1.29 is 33.7 Å². The minimum atomic E-state index is -0.903. The number of carbonyl (C=O) groups is 3. The fraction of sp³-hybridized carbons (Fsp3) is 0.857. The number of aliphatic hydroxyl groups excluding tert-OH is 1. The molecule has 1 spiro atoms. The van der Waals surface area contributed by atoms with Gasteiger partial charge in [-0.05, 0) is 24.7 Å². The number of esters is 3. The Bertz CT molecular complexity index is 760. The summed E-state index contributed by atoms with van der Waals surface area (Å²) in [6.07, 6.45) is -0.731. The quantitative estimate of drug-likeness (QED) is 0.574. The molecule has 0 heterocycles. The van der Waals surface area contributed by atoms with E-state index in [1.54, 1.807) is 0 Å². The Morgan fingerprint density at radius 3 is 2.11 bits per heavy atom. The Morgan fingerprint density at radius 2 is 1.57 bits per heavy atom. The lowest BCUT2D eigenvalue weighted by atomic mass is 9.46. The summed E-state index contributed by atoms with van der Waals surface area (Å²) in [6.45, 7) is 10.4. The Kier molecular flexibility index (Phi) is 3.86. The lowest BCUT2D eigenvalue weighted by molar-refractivity contribution is -0.246. The van der Waals surface area contributed by atoms with Crippen molar-refractivity contribution in [2.24, 2.45) is 33.5 Å². The normalized spacial score (nSPS) is 49.2. The van der Waals surface area contributed by atoms with Crippen molar-refractivity contribution in [3.05, 3.63) is 0 Å². The first-order valence-corrected chi connectivity index (χ1v) is 10.0. The minimum absolute atomic E-state index is 0.185. The highest BCUT2D eigenvalue weighted by Gasteiger charge is 2.96. The van der Waals surface area contributed by atoms with Crippen LogP contribution < -0.4 is 0 Å². The summed E-state index contributed by atoms with van der Waals surface area (Å²) in [6, 6.07) is 0. The van der Waals surface area contributed by atoms with Crippen LogP contribution in [0.15, 0.2) is 0 Å². The molecule has 4 bridgehead atoms. The second-order valence-corrected chi connectivity index (χ2v) is 10.1. The van der Waals surface area contributed by atoms with Gasteiger partial charge in [0.15, 0.2) is 0 Å². The molecular weight excluding hydrogens is 364 g/mol. The molecular formula is C21H30O7. The summed E-state index contributed by atoms with van der Waals surface area (Å²) < 4.78 is 17.0. The van der Waals surface area contributed by atoms with E-state index in [9.17, 15) is 19.5 Å². The van der Waals surface area contributed by atoms with Gasteiger partial charge in [-0.1, -0.05) is 20.8 Å². The van der Waals surface area contributed by atoms with Gasteiger partial charge in [0.1, 0.15) is 12.2 Å². The van der Waals surface area contributed by atoms with Crippen LogP contribution in [-0.4, -0.2) is 47.9 Å². The molecule has 28 heavy (non-hydrogen) atoms. The van der Waals surface area contributed by atoms with Crippen molar-refractivity contribution in [2.75, 3.05) is 6.61 Å². The Morgan fingerprint density at radius 1 is 0.964 bits per heavy atom. The van der Waals surface area contributed by atoms with Crippen LogP contribution in [-0.2, 0) is 28.6 Å². The summed E-state index contributed by atoms with van der Waals surface area (Å²) in [5.74, 6) is -0.608. The number of hydrogen-bond donors (Lipinski definition) is 1. The molecule has 5 aliphatic carbocycles. The SMILES string of the molecule is CC(=O)OC[C@]12C[C@H](OC(C)=O)[C@H](O)C(C)(C)[C@]13C[C@@H]1[C@H]2[C@]1(C)[C@H]3OC(C)=O. The van der Waals surface area contributed by atoms with Gasteiger partial charge in [-0.15, -0.1) is 0 Å². The van der Waals surface area contributed by atoms with Crippen molar-refractivity contribution >= 4 is 17.9 Å². The molecule has 0 aromatic heterocycles. The average Bonchev–Trinajstić information content (AvgIpc) is 2.81. The highest BCUT2D eigenvalue weighted by molar-refractivity contribution is 5.68. The largest absolute Gasteiger partial charge is 0.465 e. The summed E-state index contributed by atoms with van der Waals surface area (Å²) in [7, 11) is 0. The molecule has 0 aromatic carbocycles. The van der Waals surface area contributed by atoms with Crippen LogP contribution in [0.25, 0.3) is 0 Å². The predicted octanol–water partition coefficient (Wildman–Crippen LogP) is 1.85. The standard InChI is InChI=1S/C21H30O7/c1-10(22)26-9-20-8-14(27-11(2)23)16(25)18(4,5)21(20)7-13-15(20)19(13,6)17(21)28-12(3)24/h13-17,25H,7-9H2,1-6H3/t13-,14+,15+,16+,17-,19-,20+,21-/m1/s1. The lowest BCUT2D eigenvalue weighted by Crippen LogP contribution is -2.66. The Balaban J connectivity index is 1.86. The van der Waals surface area contributed by atoms with Crippen LogP contribution in [0.2, 0.25) is 0 Å². The third-order valence-electron chi connectivity index (χ3n) is 8.74. The lowest BCUT2D eigenvalue weighted by Gasteiger charge is -2.61. The summed E-state index contributed by atoms with van der Waals surface area (Å²) in [4.78, 5) is 35.4. The van der Waals surface area contributed by atoms with Crippen molar-refractivity contribution in [1.29, 1.82) is 0 Å². The number of carbonyl (C=O) groups excluding carboxylic acids is 3. The molecule has 0 aromatic rings. The monoisotopic (exact) mass is 394 g/mol. The molecule has 5 saturated carbocycles. The maximum atomic E-state index is 12.0. The molecule has 7 nitrogen and oxygen atoms in total. The molecule has 5 aliphatic rings. The highest BCUT2D eigenvalue weighted by Crippen LogP contribution is 2.95. The first-order chi connectivity index (χ1) is 12.9. The maximum Gasteiger partial charge on any atom is 0.302 e. The van der Waals surface area contributed by atoms with Crippen LogP contribution in [0.5, 0.6) is 0 Å². The minimum Gasteiger partial charge on any atom is -0.465 e.